The van der Waals surface area contributed by atoms with E-state index in [1.54, 1.807) is 13.1 Å². The molecule has 2 aromatic carbocycles. The second kappa shape index (κ2) is 6.57. The van der Waals surface area contributed by atoms with Crippen LogP contribution in [0.5, 0.6) is 0 Å². The Morgan fingerprint density at radius 2 is 2.04 bits per heavy atom. The van der Waals surface area contributed by atoms with Gasteiger partial charge in [0.1, 0.15) is 10.4 Å². The highest BCUT2D eigenvalue weighted by Gasteiger charge is 2.15. The Labute approximate surface area is 146 Å². The van der Waals surface area contributed by atoms with Gasteiger partial charge in [-0.15, -0.1) is 0 Å². The maximum Gasteiger partial charge on any atom is 0.173 e. The number of benzene rings is 2. The lowest BCUT2D eigenvalue weighted by atomic mass is 10.0. The number of carbonyl (C=O) groups is 1. The first kappa shape index (κ1) is 15.8. The molecule has 114 valence electrons. The van der Waals surface area contributed by atoms with Gasteiger partial charge in [-0.3, -0.25) is 9.36 Å². The van der Waals surface area contributed by atoms with Crippen molar-refractivity contribution in [2.45, 2.75) is 12.1 Å². The summed E-state index contributed by atoms with van der Waals surface area (Å²) in [6.07, 6.45) is 1.72. The molecule has 0 atom stereocenters. The van der Waals surface area contributed by atoms with Crippen LogP contribution < -0.4 is 0 Å². The van der Waals surface area contributed by atoms with Crippen molar-refractivity contribution in [2.24, 2.45) is 0 Å². The Hall–Kier alpha value is -2.10. The van der Waals surface area contributed by atoms with Gasteiger partial charge in [-0.1, -0.05) is 36.0 Å². The number of aromatic nitrogens is 2. The van der Waals surface area contributed by atoms with E-state index in [2.05, 4.69) is 27.0 Å². The van der Waals surface area contributed by atoms with E-state index in [-0.39, 0.29) is 5.78 Å². The quantitative estimate of drug-likeness (QED) is 0.626. The summed E-state index contributed by atoms with van der Waals surface area (Å²) in [5.41, 5.74) is 1.56. The number of fused-ring (bicyclic) bond motifs is 1. The van der Waals surface area contributed by atoms with Crippen molar-refractivity contribution < 1.29 is 4.79 Å². The molecule has 0 fully saturated rings. The summed E-state index contributed by atoms with van der Waals surface area (Å²) in [7, 11) is 0. The van der Waals surface area contributed by atoms with Crippen LogP contribution in [0.1, 0.15) is 12.5 Å². The largest absolute Gasteiger partial charge is 0.299 e. The maximum absolute atomic E-state index is 11.3. The highest BCUT2D eigenvalue weighted by Crippen LogP contribution is 2.32. The predicted octanol–water partition coefficient (Wildman–Crippen LogP) is 4.34. The number of carbonyl (C=O) groups excluding carboxylic acids is 1. The third-order valence-corrected chi connectivity index (χ3v) is 5.01. The van der Waals surface area contributed by atoms with Crippen LogP contribution in [-0.2, 0) is 4.79 Å². The molecule has 6 heteroatoms. The molecule has 1 aromatic heterocycles. The van der Waals surface area contributed by atoms with Crippen LogP contribution in [0.15, 0.2) is 52.4 Å². The van der Waals surface area contributed by atoms with Gasteiger partial charge in [-0.05, 0) is 35.0 Å². The molecule has 0 unspecified atom stereocenters. The normalized spacial score (nSPS) is 10.7. The SMILES string of the molecule is CC(=O)CSc1ncc(Br)n1-c1ccc(C#N)c2ccccc12. The third-order valence-electron chi connectivity index (χ3n) is 3.35. The smallest absolute Gasteiger partial charge is 0.173 e. The molecule has 1 heterocycles. The molecule has 3 aromatic rings. The maximum atomic E-state index is 11.3. The van der Waals surface area contributed by atoms with E-state index in [4.69, 9.17) is 0 Å². The van der Waals surface area contributed by atoms with Crippen LogP contribution in [0.25, 0.3) is 16.5 Å². The Morgan fingerprint density at radius 3 is 2.74 bits per heavy atom. The second-order valence-corrected chi connectivity index (χ2v) is 6.73. The van der Waals surface area contributed by atoms with Crippen LogP contribution in [0.2, 0.25) is 0 Å². The van der Waals surface area contributed by atoms with Crippen molar-refractivity contribution in [3.8, 4) is 11.8 Å². The average molecular weight is 386 g/mol. The third kappa shape index (κ3) is 3.03. The Morgan fingerprint density at radius 1 is 1.30 bits per heavy atom. The molecule has 0 amide bonds. The fraction of sp³-hybridized carbons (Fsp3) is 0.118. The van der Waals surface area contributed by atoms with E-state index in [1.165, 1.54) is 11.8 Å². The minimum atomic E-state index is 0.102. The first-order valence-corrected chi connectivity index (χ1v) is 8.67. The molecule has 0 saturated heterocycles. The van der Waals surface area contributed by atoms with Crippen molar-refractivity contribution in [1.29, 1.82) is 5.26 Å². The summed E-state index contributed by atoms with van der Waals surface area (Å²) in [4.78, 5) is 15.6. The van der Waals surface area contributed by atoms with Crippen molar-refractivity contribution in [2.75, 3.05) is 5.75 Å². The van der Waals surface area contributed by atoms with Gasteiger partial charge in [0.15, 0.2) is 5.16 Å². The monoisotopic (exact) mass is 385 g/mol. The lowest BCUT2D eigenvalue weighted by molar-refractivity contribution is -0.114. The molecule has 0 bridgehead atoms. The molecule has 0 N–H and O–H groups in total. The molecule has 0 aliphatic carbocycles. The van der Waals surface area contributed by atoms with E-state index in [0.717, 1.165) is 26.2 Å². The first-order chi connectivity index (χ1) is 11.1. The topological polar surface area (TPSA) is 58.7 Å². The lowest BCUT2D eigenvalue weighted by Gasteiger charge is -2.12. The molecular weight excluding hydrogens is 374 g/mol. The van der Waals surface area contributed by atoms with E-state index in [1.807, 2.05) is 41.0 Å². The Balaban J connectivity index is 2.20. The Kier molecular flexibility index (Phi) is 4.51. The number of ketones is 1. The minimum Gasteiger partial charge on any atom is -0.299 e. The van der Waals surface area contributed by atoms with Crippen LogP contribution >= 0.6 is 27.7 Å². The summed E-state index contributed by atoms with van der Waals surface area (Å²) < 4.78 is 2.76. The highest BCUT2D eigenvalue weighted by atomic mass is 79.9. The van der Waals surface area contributed by atoms with Crippen LogP contribution in [0.4, 0.5) is 0 Å². The number of nitriles is 1. The first-order valence-electron chi connectivity index (χ1n) is 6.89. The van der Waals surface area contributed by atoms with Gasteiger partial charge < -0.3 is 0 Å². The number of halogens is 1. The van der Waals surface area contributed by atoms with E-state index in [9.17, 15) is 10.1 Å². The zero-order valence-corrected chi connectivity index (χ0v) is 14.7. The number of imidazole rings is 1. The fourth-order valence-electron chi connectivity index (χ4n) is 2.38. The van der Waals surface area contributed by atoms with Gasteiger partial charge in [0.05, 0.1) is 29.3 Å². The van der Waals surface area contributed by atoms with Crippen LogP contribution in [0, 0.1) is 11.3 Å². The van der Waals surface area contributed by atoms with E-state index >= 15 is 0 Å². The minimum absolute atomic E-state index is 0.102. The number of Topliss-reactive ketones (excluding diaryl/α,β-unsaturated/α-hetero) is 1. The van der Waals surface area contributed by atoms with Gasteiger partial charge >= 0.3 is 0 Å². The summed E-state index contributed by atoms with van der Waals surface area (Å²) in [6.45, 7) is 1.56. The number of thioether (sulfide) groups is 1. The molecule has 0 spiro atoms. The number of rotatable bonds is 4. The summed E-state index contributed by atoms with van der Waals surface area (Å²) in [5, 5.41) is 11.9. The summed E-state index contributed by atoms with van der Waals surface area (Å²) in [5.74, 6) is 0.475. The van der Waals surface area contributed by atoms with Crippen molar-refractivity contribution in [3.63, 3.8) is 0 Å². The summed E-state index contributed by atoms with van der Waals surface area (Å²) in [6, 6.07) is 13.7. The highest BCUT2D eigenvalue weighted by molar-refractivity contribution is 9.10. The zero-order valence-electron chi connectivity index (χ0n) is 12.3. The van der Waals surface area contributed by atoms with Gasteiger partial charge in [-0.2, -0.15) is 5.26 Å². The van der Waals surface area contributed by atoms with Gasteiger partial charge in [-0.25, -0.2) is 4.98 Å². The van der Waals surface area contributed by atoms with Crippen LogP contribution in [-0.4, -0.2) is 21.1 Å². The zero-order chi connectivity index (χ0) is 16.4. The molecular formula is C17H12BrN3OS. The molecule has 23 heavy (non-hydrogen) atoms. The summed E-state index contributed by atoms with van der Waals surface area (Å²) >= 11 is 4.92. The molecule has 0 radical (unpaired) electrons. The van der Waals surface area contributed by atoms with Crippen molar-refractivity contribution >= 4 is 44.2 Å². The number of hydrogen-bond acceptors (Lipinski definition) is 4. The molecule has 3 rings (SSSR count). The number of nitrogens with zero attached hydrogens (tertiary/aromatic N) is 3. The van der Waals surface area contributed by atoms with Gasteiger partial charge in [0.2, 0.25) is 0 Å². The van der Waals surface area contributed by atoms with E-state index < -0.39 is 0 Å². The van der Waals surface area contributed by atoms with Gasteiger partial charge in [0.25, 0.3) is 0 Å². The molecule has 0 aliphatic rings. The van der Waals surface area contributed by atoms with Crippen LogP contribution in [0.3, 0.4) is 0 Å². The lowest BCUT2D eigenvalue weighted by Crippen LogP contribution is -2.01. The predicted molar refractivity (Wildman–Crippen MR) is 94.9 cm³/mol. The second-order valence-electron chi connectivity index (χ2n) is 4.98. The van der Waals surface area contributed by atoms with E-state index in [0.29, 0.717) is 11.3 Å². The molecule has 0 aliphatic heterocycles. The van der Waals surface area contributed by atoms with Crippen molar-refractivity contribution in [1.82, 2.24) is 9.55 Å². The number of hydrogen-bond donors (Lipinski definition) is 0. The van der Waals surface area contributed by atoms with Gasteiger partial charge in [0, 0.05) is 10.8 Å². The Bertz CT molecular complexity index is 943. The average Bonchev–Trinajstić information content (AvgIpc) is 2.92. The van der Waals surface area contributed by atoms with Crippen molar-refractivity contribution in [3.05, 3.63) is 52.8 Å². The fourth-order valence-corrected chi connectivity index (χ4v) is 3.74. The molecule has 4 nitrogen and oxygen atoms in total. The standard InChI is InChI=1S/C17H12BrN3OS/c1-11(22)10-23-17-20-9-16(18)21(17)15-7-6-12(8-19)13-4-2-3-5-14(13)15/h2-7,9H,10H2,1H3. The molecule has 0 saturated carbocycles.